The maximum absolute atomic E-state index is 10.7. The van der Waals surface area contributed by atoms with Crippen molar-refractivity contribution in [3.63, 3.8) is 0 Å². The molecule has 0 aliphatic carbocycles. The quantitative estimate of drug-likeness (QED) is 0.527. The Morgan fingerprint density at radius 2 is 2.00 bits per heavy atom. The Balaban J connectivity index is 2.28. The van der Waals surface area contributed by atoms with E-state index in [1.54, 1.807) is 12.1 Å². The molecule has 1 aromatic heterocycles. The van der Waals surface area contributed by atoms with E-state index >= 15 is 0 Å². The van der Waals surface area contributed by atoms with Gasteiger partial charge in [-0.3, -0.25) is 10.1 Å². The molecule has 2 rings (SSSR count). The Hall–Kier alpha value is -2.08. The monoisotopic (exact) mass is 275 g/mol. The van der Waals surface area contributed by atoms with Crippen molar-refractivity contribution in [1.82, 2.24) is 4.98 Å². The zero-order valence-electron chi connectivity index (χ0n) is 10.6. The molecule has 0 fully saturated rings. The highest BCUT2D eigenvalue weighted by molar-refractivity contribution is 7.99. The highest BCUT2D eigenvalue weighted by Gasteiger charge is 2.12. The molecule has 19 heavy (non-hydrogen) atoms. The summed E-state index contributed by atoms with van der Waals surface area (Å²) < 4.78 is 0. The van der Waals surface area contributed by atoms with Crippen LogP contribution in [-0.2, 0) is 0 Å². The average Bonchev–Trinajstić information content (AvgIpc) is 2.26. The van der Waals surface area contributed by atoms with Gasteiger partial charge in [-0.15, -0.1) is 0 Å². The second-order valence-corrected chi connectivity index (χ2v) is 5.30. The summed E-state index contributed by atoms with van der Waals surface area (Å²) in [6.07, 6.45) is 0. The van der Waals surface area contributed by atoms with E-state index in [0.29, 0.717) is 0 Å². The van der Waals surface area contributed by atoms with Crippen LogP contribution >= 0.6 is 11.8 Å². The summed E-state index contributed by atoms with van der Waals surface area (Å²) in [6.45, 7) is 3.93. The third kappa shape index (κ3) is 3.23. The van der Waals surface area contributed by atoms with Crippen LogP contribution in [0.2, 0.25) is 0 Å². The third-order valence-corrected chi connectivity index (χ3v) is 3.40. The zero-order chi connectivity index (χ0) is 14.0. The van der Waals surface area contributed by atoms with E-state index in [2.05, 4.69) is 4.98 Å². The summed E-state index contributed by atoms with van der Waals surface area (Å²) in [4.78, 5) is 15.4. The molecule has 0 radical (unpaired) electrons. The van der Waals surface area contributed by atoms with E-state index in [0.717, 1.165) is 21.2 Å². The first-order valence-electron chi connectivity index (χ1n) is 5.63. The molecule has 0 saturated heterocycles. The van der Waals surface area contributed by atoms with Crippen LogP contribution in [0, 0.1) is 24.0 Å². The topological polar surface area (TPSA) is 82.0 Å². The smallest absolute Gasteiger partial charge is 0.292 e. The van der Waals surface area contributed by atoms with E-state index in [9.17, 15) is 10.1 Å². The van der Waals surface area contributed by atoms with Crippen LogP contribution in [0.5, 0.6) is 0 Å². The van der Waals surface area contributed by atoms with Gasteiger partial charge in [-0.05, 0) is 43.7 Å². The van der Waals surface area contributed by atoms with Crippen molar-refractivity contribution >= 4 is 23.1 Å². The lowest BCUT2D eigenvalue weighted by molar-refractivity contribution is -0.383. The van der Waals surface area contributed by atoms with Gasteiger partial charge in [-0.2, -0.15) is 0 Å². The summed E-state index contributed by atoms with van der Waals surface area (Å²) in [5, 5.41) is 11.5. The van der Waals surface area contributed by atoms with E-state index < -0.39 is 4.92 Å². The summed E-state index contributed by atoms with van der Waals surface area (Å²) in [5.74, 6) is 0. The van der Waals surface area contributed by atoms with Crippen molar-refractivity contribution in [1.29, 1.82) is 0 Å². The number of nitro groups is 1. The fraction of sp³-hybridized carbons (Fsp3) is 0.154. The maximum Gasteiger partial charge on any atom is 0.292 e. The third-order valence-electron chi connectivity index (χ3n) is 2.49. The lowest BCUT2D eigenvalue weighted by Crippen LogP contribution is -1.95. The first-order valence-corrected chi connectivity index (χ1v) is 6.44. The molecule has 0 spiro atoms. The molecule has 0 amide bonds. The predicted molar refractivity (Wildman–Crippen MR) is 75.3 cm³/mol. The molecule has 0 aliphatic rings. The number of nitrogen functional groups attached to an aromatic ring is 1. The number of anilines is 1. The number of aryl methyl sites for hydroxylation is 2. The first kappa shape index (κ1) is 13.4. The average molecular weight is 275 g/mol. The molecule has 1 heterocycles. The van der Waals surface area contributed by atoms with Gasteiger partial charge in [0.25, 0.3) is 5.69 Å². The summed E-state index contributed by atoms with van der Waals surface area (Å²) >= 11 is 1.44. The molecule has 6 heteroatoms. The van der Waals surface area contributed by atoms with Gasteiger partial charge in [0.05, 0.1) is 4.92 Å². The van der Waals surface area contributed by atoms with Crippen molar-refractivity contribution < 1.29 is 4.92 Å². The minimum atomic E-state index is -0.487. The van der Waals surface area contributed by atoms with Gasteiger partial charge in [-0.25, -0.2) is 4.98 Å². The minimum absolute atomic E-state index is 0.0715. The lowest BCUT2D eigenvalue weighted by atomic mass is 10.2. The predicted octanol–water partition coefficient (Wildman–Crippen LogP) is 3.34. The molecule has 2 N–H and O–H groups in total. The molecule has 5 nitrogen and oxygen atoms in total. The van der Waals surface area contributed by atoms with Crippen molar-refractivity contribution in [3.05, 3.63) is 51.7 Å². The number of hydrogen-bond acceptors (Lipinski definition) is 5. The van der Waals surface area contributed by atoms with Crippen molar-refractivity contribution in [3.8, 4) is 0 Å². The number of aromatic nitrogens is 1. The highest BCUT2D eigenvalue weighted by Crippen LogP contribution is 2.31. The van der Waals surface area contributed by atoms with E-state index in [1.165, 1.54) is 17.8 Å². The van der Waals surface area contributed by atoms with Crippen LogP contribution in [0.15, 0.2) is 40.3 Å². The zero-order valence-corrected chi connectivity index (χ0v) is 11.4. The number of nitrogens with two attached hydrogens (primary N) is 1. The Morgan fingerprint density at radius 3 is 2.58 bits per heavy atom. The number of rotatable bonds is 3. The number of nitrogens with zero attached hydrogens (tertiary/aromatic N) is 2. The molecule has 1 aromatic carbocycles. The molecule has 0 atom stereocenters. The number of hydrogen-bond donors (Lipinski definition) is 1. The van der Waals surface area contributed by atoms with Gasteiger partial charge >= 0.3 is 0 Å². The second kappa shape index (κ2) is 5.27. The van der Waals surface area contributed by atoms with Crippen LogP contribution < -0.4 is 5.73 Å². The van der Waals surface area contributed by atoms with Crippen molar-refractivity contribution in [2.24, 2.45) is 0 Å². The fourth-order valence-corrected chi connectivity index (χ4v) is 2.74. The largest absolute Gasteiger partial charge is 0.393 e. The molecule has 0 saturated carbocycles. The molecule has 0 bridgehead atoms. The van der Waals surface area contributed by atoms with Gasteiger partial charge in [0.15, 0.2) is 0 Å². The van der Waals surface area contributed by atoms with Crippen LogP contribution in [0.25, 0.3) is 0 Å². The van der Waals surface area contributed by atoms with Crippen molar-refractivity contribution in [2.45, 2.75) is 23.8 Å². The maximum atomic E-state index is 10.7. The fourth-order valence-electron chi connectivity index (χ4n) is 1.74. The number of nitro benzene ring substituents is 1. The molecular formula is C13H13N3O2S. The lowest BCUT2D eigenvalue weighted by Gasteiger charge is -2.05. The summed E-state index contributed by atoms with van der Waals surface area (Å²) in [5.41, 5.74) is 7.83. The molecule has 98 valence electrons. The first-order chi connectivity index (χ1) is 8.95. The van der Waals surface area contributed by atoms with Crippen LogP contribution in [0.3, 0.4) is 0 Å². The summed E-state index contributed by atoms with van der Waals surface area (Å²) in [6, 6.07) is 8.66. The minimum Gasteiger partial charge on any atom is -0.393 e. The van der Waals surface area contributed by atoms with E-state index in [1.807, 2.05) is 26.0 Å². The van der Waals surface area contributed by atoms with Gasteiger partial charge in [0.1, 0.15) is 10.7 Å². The highest BCUT2D eigenvalue weighted by atomic mass is 32.2. The van der Waals surface area contributed by atoms with E-state index in [-0.39, 0.29) is 11.4 Å². The second-order valence-electron chi connectivity index (χ2n) is 4.20. The van der Waals surface area contributed by atoms with Crippen molar-refractivity contribution in [2.75, 3.05) is 5.73 Å². The molecule has 0 unspecified atom stereocenters. The normalized spacial score (nSPS) is 10.4. The Kier molecular flexibility index (Phi) is 3.71. The Labute approximate surface area is 115 Å². The Morgan fingerprint density at radius 1 is 1.26 bits per heavy atom. The molecule has 0 aliphatic heterocycles. The number of pyridine rings is 1. The van der Waals surface area contributed by atoms with Crippen LogP contribution in [0.4, 0.5) is 11.4 Å². The van der Waals surface area contributed by atoms with Crippen LogP contribution in [0.1, 0.15) is 11.3 Å². The molecule has 2 aromatic rings. The van der Waals surface area contributed by atoms with E-state index in [4.69, 9.17) is 5.73 Å². The standard InChI is InChI=1S/C13H13N3O2S/c1-8-5-9(2)15-13(6-8)19-10-3-4-12(16(17)18)11(14)7-10/h3-7H,14H2,1-2H3. The Bertz CT molecular complexity index is 624. The van der Waals surface area contributed by atoms with Crippen LogP contribution in [-0.4, -0.2) is 9.91 Å². The van der Waals surface area contributed by atoms with Gasteiger partial charge in [0.2, 0.25) is 0 Å². The van der Waals surface area contributed by atoms with Gasteiger partial charge in [0, 0.05) is 16.7 Å². The summed E-state index contributed by atoms with van der Waals surface area (Å²) in [7, 11) is 0. The SMILES string of the molecule is Cc1cc(C)nc(Sc2ccc([N+](=O)[O-])c(N)c2)c1. The van der Waals surface area contributed by atoms with Gasteiger partial charge < -0.3 is 5.73 Å². The molecular weight excluding hydrogens is 262 g/mol. The van der Waals surface area contributed by atoms with Gasteiger partial charge in [-0.1, -0.05) is 11.8 Å². The number of benzene rings is 1.